The summed E-state index contributed by atoms with van der Waals surface area (Å²) in [6.07, 6.45) is 0. The van der Waals surface area contributed by atoms with Crippen molar-refractivity contribution in [2.24, 2.45) is 0 Å². The molecule has 0 fully saturated rings. The molecule has 0 radical (unpaired) electrons. The number of rotatable bonds is 6. The zero-order chi connectivity index (χ0) is 13.7. The predicted octanol–water partition coefficient (Wildman–Crippen LogP) is 3.31. The highest BCUT2D eigenvalue weighted by atomic mass is 35.5. The van der Waals surface area contributed by atoms with Gasteiger partial charge in [-0.15, -0.1) is 11.3 Å². The molecular weight excluding hydrogens is 268 g/mol. The maximum Gasteiger partial charge on any atom is 0.239 e. The molecule has 0 aromatic carbocycles. The molecule has 1 N–H and O–H groups in total. The fourth-order valence-electron chi connectivity index (χ4n) is 1.90. The fraction of sp³-hybridized carbons (Fsp3) is 0.615. The Morgan fingerprint density at radius 3 is 2.50 bits per heavy atom. The van der Waals surface area contributed by atoms with E-state index in [2.05, 4.69) is 5.32 Å². The van der Waals surface area contributed by atoms with Crippen LogP contribution in [0.2, 0.25) is 4.34 Å². The van der Waals surface area contributed by atoms with E-state index in [1.165, 1.54) is 11.3 Å². The van der Waals surface area contributed by atoms with Crippen molar-refractivity contribution in [2.75, 3.05) is 13.1 Å². The molecule has 0 saturated carbocycles. The summed E-state index contributed by atoms with van der Waals surface area (Å²) in [6, 6.07) is 1.89. The molecule has 0 aliphatic carbocycles. The maximum absolute atomic E-state index is 12.1. The molecule has 0 saturated heterocycles. The Morgan fingerprint density at radius 1 is 1.44 bits per heavy atom. The van der Waals surface area contributed by atoms with Gasteiger partial charge in [0.05, 0.1) is 10.4 Å². The zero-order valence-corrected chi connectivity index (χ0v) is 12.9. The number of likely N-dealkylation sites (N-methyl/N-ethyl adjacent to an activating group) is 1. The van der Waals surface area contributed by atoms with E-state index in [4.69, 9.17) is 11.6 Å². The van der Waals surface area contributed by atoms with E-state index in [9.17, 15) is 4.79 Å². The summed E-state index contributed by atoms with van der Waals surface area (Å²) in [5.41, 5.74) is 1.13. The largest absolute Gasteiger partial charge is 0.342 e. The van der Waals surface area contributed by atoms with E-state index in [1.807, 2.05) is 44.0 Å². The first-order valence-corrected chi connectivity index (χ1v) is 7.54. The lowest BCUT2D eigenvalue weighted by atomic mass is 10.1. The maximum atomic E-state index is 12.1. The molecule has 1 amide bonds. The molecule has 5 heteroatoms. The van der Waals surface area contributed by atoms with Gasteiger partial charge in [0.1, 0.15) is 0 Å². The third-order valence-corrected chi connectivity index (χ3v) is 4.14. The smallest absolute Gasteiger partial charge is 0.239 e. The number of thiophene rings is 1. The van der Waals surface area contributed by atoms with Crippen LogP contribution in [-0.4, -0.2) is 29.9 Å². The summed E-state index contributed by atoms with van der Waals surface area (Å²) in [4.78, 5) is 14.0. The van der Waals surface area contributed by atoms with Crippen LogP contribution in [0, 0.1) is 0 Å². The van der Waals surface area contributed by atoms with Crippen LogP contribution in [0.5, 0.6) is 0 Å². The highest BCUT2D eigenvalue weighted by molar-refractivity contribution is 7.14. The second kappa shape index (κ2) is 7.12. The van der Waals surface area contributed by atoms with Crippen molar-refractivity contribution in [3.05, 3.63) is 21.3 Å². The molecule has 0 aliphatic rings. The molecule has 2 atom stereocenters. The summed E-state index contributed by atoms with van der Waals surface area (Å²) in [6.45, 7) is 9.45. The lowest BCUT2D eigenvalue weighted by Gasteiger charge is -2.25. The van der Waals surface area contributed by atoms with Gasteiger partial charge in [-0.05, 0) is 44.7 Å². The molecule has 0 aliphatic heterocycles. The van der Waals surface area contributed by atoms with Crippen LogP contribution in [0.15, 0.2) is 11.4 Å². The Kier molecular flexibility index (Phi) is 6.12. The topological polar surface area (TPSA) is 32.3 Å². The first-order chi connectivity index (χ1) is 8.49. The number of carbonyl (C=O) groups excluding carboxylic acids is 1. The number of halogens is 1. The van der Waals surface area contributed by atoms with Gasteiger partial charge in [0.2, 0.25) is 5.91 Å². The van der Waals surface area contributed by atoms with Gasteiger partial charge in [-0.25, -0.2) is 0 Å². The minimum Gasteiger partial charge on any atom is -0.342 e. The van der Waals surface area contributed by atoms with Gasteiger partial charge in [-0.3, -0.25) is 10.1 Å². The first kappa shape index (κ1) is 15.5. The van der Waals surface area contributed by atoms with Gasteiger partial charge in [0, 0.05) is 19.1 Å². The van der Waals surface area contributed by atoms with E-state index in [0.29, 0.717) is 0 Å². The van der Waals surface area contributed by atoms with Gasteiger partial charge in [0.25, 0.3) is 0 Å². The Hall–Kier alpha value is -0.580. The minimum atomic E-state index is -0.182. The molecule has 1 rings (SSSR count). The van der Waals surface area contributed by atoms with E-state index in [0.717, 1.165) is 23.0 Å². The van der Waals surface area contributed by atoms with Crippen LogP contribution in [0.25, 0.3) is 0 Å². The Morgan fingerprint density at radius 2 is 2.06 bits per heavy atom. The standard InChI is InChI=1S/C13H21ClN2OS/c1-5-16(6-2)13(17)10(4)15-9(3)11-7-12(14)18-8-11/h7-10,15H,5-6H2,1-4H3. The van der Waals surface area contributed by atoms with Crippen molar-refractivity contribution >= 4 is 28.8 Å². The van der Waals surface area contributed by atoms with Gasteiger partial charge >= 0.3 is 0 Å². The van der Waals surface area contributed by atoms with Crippen molar-refractivity contribution in [2.45, 2.75) is 39.8 Å². The normalized spacial score (nSPS) is 14.3. The Labute approximate surface area is 118 Å². The highest BCUT2D eigenvalue weighted by Crippen LogP contribution is 2.24. The number of nitrogens with one attached hydrogen (secondary N) is 1. The second-order valence-electron chi connectivity index (χ2n) is 4.30. The van der Waals surface area contributed by atoms with Crippen LogP contribution in [0.3, 0.4) is 0 Å². The molecule has 102 valence electrons. The minimum absolute atomic E-state index is 0.128. The van der Waals surface area contributed by atoms with Crippen LogP contribution in [-0.2, 0) is 4.79 Å². The van der Waals surface area contributed by atoms with Crippen molar-refractivity contribution in [1.82, 2.24) is 10.2 Å². The monoisotopic (exact) mass is 288 g/mol. The molecule has 1 aromatic heterocycles. The molecule has 0 bridgehead atoms. The van der Waals surface area contributed by atoms with Crippen LogP contribution < -0.4 is 5.32 Å². The summed E-state index contributed by atoms with van der Waals surface area (Å²) >= 11 is 7.43. The van der Waals surface area contributed by atoms with Crippen LogP contribution in [0.4, 0.5) is 0 Å². The average molecular weight is 289 g/mol. The molecule has 18 heavy (non-hydrogen) atoms. The van der Waals surface area contributed by atoms with Gasteiger partial charge < -0.3 is 4.90 Å². The molecule has 3 nitrogen and oxygen atoms in total. The number of hydrogen-bond acceptors (Lipinski definition) is 3. The Bertz CT molecular complexity index is 390. The SMILES string of the molecule is CCN(CC)C(=O)C(C)NC(C)c1csc(Cl)c1. The summed E-state index contributed by atoms with van der Waals surface area (Å²) < 4.78 is 0.779. The lowest BCUT2D eigenvalue weighted by molar-refractivity contribution is -0.132. The van der Waals surface area contributed by atoms with Crippen LogP contribution >= 0.6 is 22.9 Å². The summed E-state index contributed by atoms with van der Waals surface area (Å²) in [5, 5.41) is 5.34. The first-order valence-electron chi connectivity index (χ1n) is 6.28. The molecule has 0 spiro atoms. The number of nitrogens with zero attached hydrogens (tertiary/aromatic N) is 1. The summed E-state index contributed by atoms with van der Waals surface area (Å²) in [7, 11) is 0. The third kappa shape index (κ3) is 3.97. The quantitative estimate of drug-likeness (QED) is 0.871. The predicted molar refractivity (Wildman–Crippen MR) is 78.3 cm³/mol. The van der Waals surface area contributed by atoms with Crippen molar-refractivity contribution in [1.29, 1.82) is 0 Å². The van der Waals surface area contributed by atoms with Gasteiger partial charge in [-0.1, -0.05) is 11.6 Å². The van der Waals surface area contributed by atoms with Crippen molar-refractivity contribution < 1.29 is 4.79 Å². The molecular formula is C13H21ClN2OS. The third-order valence-electron chi connectivity index (χ3n) is 3.03. The highest BCUT2D eigenvalue weighted by Gasteiger charge is 2.20. The molecule has 2 unspecified atom stereocenters. The van der Waals surface area contributed by atoms with Crippen molar-refractivity contribution in [3.8, 4) is 0 Å². The van der Waals surface area contributed by atoms with Crippen LogP contribution in [0.1, 0.15) is 39.3 Å². The molecule has 1 heterocycles. The zero-order valence-electron chi connectivity index (χ0n) is 11.4. The fourth-order valence-corrected chi connectivity index (χ4v) is 2.89. The number of amides is 1. The lowest BCUT2D eigenvalue weighted by Crippen LogP contribution is -2.45. The Balaban J connectivity index is 2.58. The average Bonchev–Trinajstić information content (AvgIpc) is 2.77. The van der Waals surface area contributed by atoms with E-state index in [-0.39, 0.29) is 18.0 Å². The second-order valence-corrected chi connectivity index (χ2v) is 5.85. The van der Waals surface area contributed by atoms with Gasteiger partial charge in [-0.2, -0.15) is 0 Å². The number of carbonyl (C=O) groups is 1. The van der Waals surface area contributed by atoms with Crippen molar-refractivity contribution in [3.63, 3.8) is 0 Å². The number of hydrogen-bond donors (Lipinski definition) is 1. The van der Waals surface area contributed by atoms with E-state index < -0.39 is 0 Å². The molecule has 1 aromatic rings. The van der Waals surface area contributed by atoms with E-state index >= 15 is 0 Å². The van der Waals surface area contributed by atoms with E-state index in [1.54, 1.807) is 0 Å². The summed E-state index contributed by atoms with van der Waals surface area (Å²) in [5.74, 6) is 0.146. The van der Waals surface area contributed by atoms with Gasteiger partial charge in [0.15, 0.2) is 0 Å².